The van der Waals surface area contributed by atoms with Crippen LogP contribution in [0, 0.1) is 0 Å². The van der Waals surface area contributed by atoms with Crippen LogP contribution in [0.3, 0.4) is 0 Å². The van der Waals surface area contributed by atoms with Crippen molar-refractivity contribution in [3.05, 3.63) is 64.7 Å². The van der Waals surface area contributed by atoms with Crippen molar-refractivity contribution in [2.24, 2.45) is 0 Å². The molecule has 0 N–H and O–H groups in total. The Morgan fingerprint density at radius 1 is 1.00 bits per heavy atom. The van der Waals surface area contributed by atoms with Gasteiger partial charge in [-0.15, -0.1) is 11.6 Å². The lowest BCUT2D eigenvalue weighted by Crippen LogP contribution is -1.95. The van der Waals surface area contributed by atoms with Gasteiger partial charge in [0.1, 0.15) is 12.4 Å². The third-order valence-electron chi connectivity index (χ3n) is 2.42. The Labute approximate surface area is 111 Å². The van der Waals surface area contributed by atoms with Crippen molar-refractivity contribution in [1.82, 2.24) is 0 Å². The van der Waals surface area contributed by atoms with Crippen LogP contribution in [0.2, 0.25) is 5.02 Å². The first kappa shape index (κ1) is 12.3. The zero-order valence-corrected chi connectivity index (χ0v) is 10.7. The summed E-state index contributed by atoms with van der Waals surface area (Å²) in [6.45, 7) is 0.539. The number of halogens is 2. The van der Waals surface area contributed by atoms with Crippen molar-refractivity contribution in [2.45, 2.75) is 12.5 Å². The first-order valence-electron chi connectivity index (χ1n) is 5.30. The van der Waals surface area contributed by atoms with Gasteiger partial charge in [-0.3, -0.25) is 0 Å². The fourth-order valence-corrected chi connectivity index (χ4v) is 2.01. The zero-order valence-electron chi connectivity index (χ0n) is 9.20. The maximum Gasteiger partial charge on any atom is 0.121 e. The van der Waals surface area contributed by atoms with Crippen LogP contribution >= 0.6 is 23.2 Å². The molecule has 3 heteroatoms. The van der Waals surface area contributed by atoms with Crippen LogP contribution in [0.4, 0.5) is 0 Å². The maximum absolute atomic E-state index is 6.05. The van der Waals surface area contributed by atoms with E-state index in [0.717, 1.165) is 16.9 Å². The van der Waals surface area contributed by atoms with E-state index < -0.39 is 0 Å². The van der Waals surface area contributed by atoms with E-state index in [0.29, 0.717) is 17.5 Å². The topological polar surface area (TPSA) is 9.23 Å². The van der Waals surface area contributed by atoms with Crippen molar-refractivity contribution in [3.8, 4) is 5.75 Å². The molecule has 0 unspecified atom stereocenters. The number of hydrogen-bond acceptors (Lipinski definition) is 1. The van der Waals surface area contributed by atoms with Crippen molar-refractivity contribution >= 4 is 23.2 Å². The van der Waals surface area contributed by atoms with Gasteiger partial charge in [0.2, 0.25) is 0 Å². The van der Waals surface area contributed by atoms with E-state index in [2.05, 4.69) is 0 Å². The molecule has 0 heterocycles. The predicted octanol–water partition coefficient (Wildman–Crippen LogP) is 4.66. The first-order valence-corrected chi connectivity index (χ1v) is 6.22. The van der Waals surface area contributed by atoms with Crippen molar-refractivity contribution in [3.63, 3.8) is 0 Å². The summed E-state index contributed by atoms with van der Waals surface area (Å²) in [7, 11) is 0. The van der Waals surface area contributed by atoms with Gasteiger partial charge in [-0.1, -0.05) is 48.0 Å². The van der Waals surface area contributed by atoms with Crippen molar-refractivity contribution in [2.75, 3.05) is 0 Å². The largest absolute Gasteiger partial charge is 0.489 e. The van der Waals surface area contributed by atoms with Gasteiger partial charge in [-0.2, -0.15) is 0 Å². The second-order valence-electron chi connectivity index (χ2n) is 3.66. The van der Waals surface area contributed by atoms with Crippen LogP contribution in [-0.2, 0) is 12.5 Å². The molecule has 0 aromatic heterocycles. The molecule has 0 saturated heterocycles. The summed E-state index contributed by atoms with van der Waals surface area (Å²) in [6, 6.07) is 15.6. The summed E-state index contributed by atoms with van der Waals surface area (Å²) in [5.74, 6) is 1.17. The second-order valence-corrected chi connectivity index (χ2v) is 4.34. The maximum atomic E-state index is 6.05. The van der Waals surface area contributed by atoms with E-state index in [4.69, 9.17) is 27.9 Å². The molecule has 0 radical (unpaired) electrons. The minimum Gasteiger partial charge on any atom is -0.489 e. The van der Waals surface area contributed by atoms with E-state index in [1.807, 2.05) is 42.5 Å². The number of benzene rings is 2. The standard InChI is InChI=1S/C14H12Cl2O/c15-9-12-6-7-13(8-14(12)16)17-10-11-4-2-1-3-5-11/h1-8H,9-10H2. The Hall–Kier alpha value is -1.18. The number of alkyl halides is 1. The summed E-state index contributed by atoms with van der Waals surface area (Å²) in [4.78, 5) is 0. The van der Waals surface area contributed by atoms with E-state index in [-0.39, 0.29) is 0 Å². The lowest BCUT2D eigenvalue weighted by molar-refractivity contribution is 0.306. The fraction of sp³-hybridized carbons (Fsp3) is 0.143. The minimum atomic E-state index is 0.414. The molecule has 17 heavy (non-hydrogen) atoms. The highest BCUT2D eigenvalue weighted by molar-refractivity contribution is 6.32. The lowest BCUT2D eigenvalue weighted by Gasteiger charge is -2.08. The molecular weight excluding hydrogens is 255 g/mol. The molecule has 0 aliphatic rings. The Morgan fingerprint density at radius 2 is 1.76 bits per heavy atom. The van der Waals surface area contributed by atoms with Gasteiger partial charge in [0.15, 0.2) is 0 Å². The SMILES string of the molecule is ClCc1ccc(OCc2ccccc2)cc1Cl. The Balaban J connectivity index is 2.02. The van der Waals surface area contributed by atoms with Crippen LogP contribution in [0.5, 0.6) is 5.75 Å². The van der Waals surface area contributed by atoms with Crippen LogP contribution in [0.15, 0.2) is 48.5 Å². The summed E-state index contributed by atoms with van der Waals surface area (Å²) in [5, 5.41) is 0.644. The molecule has 2 aromatic rings. The molecule has 0 bridgehead atoms. The second kappa shape index (κ2) is 5.95. The average molecular weight is 267 g/mol. The first-order chi connectivity index (χ1) is 8.29. The molecule has 0 aliphatic heterocycles. The molecule has 0 aliphatic carbocycles. The van der Waals surface area contributed by atoms with Gasteiger partial charge >= 0.3 is 0 Å². The fourth-order valence-electron chi connectivity index (χ4n) is 1.47. The highest BCUT2D eigenvalue weighted by atomic mass is 35.5. The highest BCUT2D eigenvalue weighted by Gasteiger charge is 2.01. The van der Waals surface area contributed by atoms with Gasteiger partial charge in [0, 0.05) is 10.9 Å². The van der Waals surface area contributed by atoms with Gasteiger partial charge in [-0.25, -0.2) is 0 Å². The molecule has 0 amide bonds. The average Bonchev–Trinajstić information content (AvgIpc) is 2.38. The van der Waals surface area contributed by atoms with Crippen molar-refractivity contribution < 1.29 is 4.74 Å². The lowest BCUT2D eigenvalue weighted by atomic mass is 10.2. The molecule has 1 nitrogen and oxygen atoms in total. The minimum absolute atomic E-state index is 0.414. The molecule has 2 rings (SSSR count). The van der Waals surface area contributed by atoms with E-state index in [1.54, 1.807) is 6.07 Å². The third-order valence-corrected chi connectivity index (χ3v) is 3.06. The summed E-state index contributed by atoms with van der Waals surface area (Å²) >= 11 is 11.8. The molecule has 0 fully saturated rings. The molecule has 2 aromatic carbocycles. The van der Waals surface area contributed by atoms with Gasteiger partial charge in [0.25, 0.3) is 0 Å². The van der Waals surface area contributed by atoms with Gasteiger partial charge in [0.05, 0.1) is 0 Å². The number of rotatable bonds is 4. The highest BCUT2D eigenvalue weighted by Crippen LogP contribution is 2.24. The summed E-state index contributed by atoms with van der Waals surface area (Å²) < 4.78 is 5.64. The monoisotopic (exact) mass is 266 g/mol. The van der Waals surface area contributed by atoms with Crippen LogP contribution < -0.4 is 4.74 Å². The van der Waals surface area contributed by atoms with Gasteiger partial charge in [-0.05, 0) is 23.3 Å². The molecular formula is C14H12Cl2O. The number of hydrogen-bond donors (Lipinski definition) is 0. The molecule has 0 saturated carbocycles. The molecule has 0 spiro atoms. The summed E-state index contributed by atoms with van der Waals surface area (Å²) in [5.41, 5.74) is 2.05. The Kier molecular flexibility index (Phi) is 4.29. The number of ether oxygens (including phenoxy) is 1. The van der Waals surface area contributed by atoms with Gasteiger partial charge < -0.3 is 4.74 Å². The van der Waals surface area contributed by atoms with E-state index in [1.165, 1.54) is 0 Å². The molecule has 0 atom stereocenters. The van der Waals surface area contributed by atoms with Crippen molar-refractivity contribution in [1.29, 1.82) is 0 Å². The normalized spacial score (nSPS) is 10.2. The Bertz CT molecular complexity index is 483. The van der Waals surface area contributed by atoms with E-state index in [9.17, 15) is 0 Å². The quantitative estimate of drug-likeness (QED) is 0.732. The van der Waals surface area contributed by atoms with Crippen LogP contribution in [0.1, 0.15) is 11.1 Å². The van der Waals surface area contributed by atoms with Crippen LogP contribution in [0.25, 0.3) is 0 Å². The third kappa shape index (κ3) is 3.39. The zero-order chi connectivity index (χ0) is 12.1. The Morgan fingerprint density at radius 3 is 2.41 bits per heavy atom. The smallest absolute Gasteiger partial charge is 0.121 e. The summed E-state index contributed by atoms with van der Waals surface area (Å²) in [6.07, 6.45) is 0. The van der Waals surface area contributed by atoms with Crippen LogP contribution in [-0.4, -0.2) is 0 Å². The van der Waals surface area contributed by atoms with E-state index >= 15 is 0 Å². The predicted molar refractivity (Wildman–Crippen MR) is 71.8 cm³/mol. The molecule has 88 valence electrons.